The molecule has 2 amide bonds. The Labute approximate surface area is 216 Å². The van der Waals surface area contributed by atoms with Gasteiger partial charge in [0.1, 0.15) is 0 Å². The number of amides is 2. The maximum atomic E-state index is 13.5. The predicted molar refractivity (Wildman–Crippen MR) is 147 cm³/mol. The summed E-state index contributed by atoms with van der Waals surface area (Å²) in [7, 11) is 5.44. The molecule has 4 aromatic rings. The standard InChI is InChI=1S/C29H31N5O3/c1-17-9-7-10-18(2)25(17)21-13-22(16-24(15-21)33(5)6)27-31-19(3)26(34(27)37)29(36)32-23-12-8-11-20(14-23)28(35)30-4/h7-16,31H,1-6H3,(H,30,35)(H,32,36). The Morgan fingerprint density at radius 3 is 2.19 bits per heavy atom. The van der Waals surface area contributed by atoms with Crippen LogP contribution in [0.4, 0.5) is 11.4 Å². The van der Waals surface area contributed by atoms with E-state index in [4.69, 9.17) is 0 Å². The van der Waals surface area contributed by atoms with Gasteiger partial charge in [0.25, 0.3) is 17.6 Å². The van der Waals surface area contributed by atoms with Crippen molar-refractivity contribution in [2.24, 2.45) is 0 Å². The molecular formula is C29H31N5O3. The minimum absolute atomic E-state index is 0.0378. The molecule has 0 atom stereocenters. The largest absolute Gasteiger partial charge is 0.710 e. The fourth-order valence-electron chi connectivity index (χ4n) is 4.50. The quantitative estimate of drug-likeness (QED) is 0.268. The van der Waals surface area contributed by atoms with Crippen molar-refractivity contribution in [1.29, 1.82) is 0 Å². The van der Waals surface area contributed by atoms with Crippen molar-refractivity contribution in [2.45, 2.75) is 20.8 Å². The summed E-state index contributed by atoms with van der Waals surface area (Å²) in [5, 5.41) is 18.7. The second-order valence-electron chi connectivity index (χ2n) is 9.29. The third kappa shape index (κ3) is 5.04. The van der Waals surface area contributed by atoms with E-state index in [9.17, 15) is 14.8 Å². The van der Waals surface area contributed by atoms with Gasteiger partial charge in [0, 0.05) is 45.0 Å². The first kappa shape index (κ1) is 25.5. The van der Waals surface area contributed by atoms with Crippen molar-refractivity contribution >= 4 is 23.2 Å². The Kier molecular flexibility index (Phi) is 7.02. The van der Waals surface area contributed by atoms with E-state index in [0.717, 1.165) is 27.9 Å². The number of nitrogens with zero attached hydrogens (tertiary/aromatic N) is 2. The molecular weight excluding hydrogens is 466 g/mol. The van der Waals surface area contributed by atoms with Gasteiger partial charge >= 0.3 is 0 Å². The van der Waals surface area contributed by atoms with Crippen molar-refractivity contribution < 1.29 is 14.3 Å². The lowest BCUT2D eigenvalue weighted by molar-refractivity contribution is -0.594. The molecule has 1 heterocycles. The number of carbonyl (C=O) groups is 2. The highest BCUT2D eigenvalue weighted by molar-refractivity contribution is 6.04. The van der Waals surface area contributed by atoms with E-state index >= 15 is 0 Å². The van der Waals surface area contributed by atoms with Crippen LogP contribution in [-0.4, -0.2) is 37.9 Å². The molecule has 0 aliphatic carbocycles. The maximum Gasteiger partial charge on any atom is 0.300 e. The number of rotatable bonds is 6. The van der Waals surface area contributed by atoms with Crippen LogP contribution in [0.25, 0.3) is 22.5 Å². The summed E-state index contributed by atoms with van der Waals surface area (Å²) >= 11 is 0. The Morgan fingerprint density at radius 2 is 1.54 bits per heavy atom. The van der Waals surface area contributed by atoms with Gasteiger partial charge in [0.05, 0.1) is 5.56 Å². The fraction of sp³-hybridized carbons (Fsp3) is 0.207. The van der Waals surface area contributed by atoms with Gasteiger partial charge < -0.3 is 20.7 Å². The average Bonchev–Trinajstić information content (AvgIpc) is 3.17. The number of hydrogen-bond acceptors (Lipinski definition) is 4. The summed E-state index contributed by atoms with van der Waals surface area (Å²) < 4.78 is 0.635. The second-order valence-corrected chi connectivity index (χ2v) is 9.29. The van der Waals surface area contributed by atoms with Crippen LogP contribution in [0, 0.1) is 26.0 Å². The predicted octanol–water partition coefficient (Wildman–Crippen LogP) is 4.59. The highest BCUT2D eigenvalue weighted by atomic mass is 16.5. The van der Waals surface area contributed by atoms with E-state index in [1.807, 2.05) is 37.2 Å². The highest BCUT2D eigenvalue weighted by Gasteiger charge is 2.26. The van der Waals surface area contributed by atoms with Crippen molar-refractivity contribution in [3.63, 3.8) is 0 Å². The summed E-state index contributed by atoms with van der Waals surface area (Å²) in [4.78, 5) is 30.2. The molecule has 0 saturated heterocycles. The van der Waals surface area contributed by atoms with Crippen LogP contribution in [0.1, 0.15) is 37.7 Å². The molecule has 0 unspecified atom stereocenters. The van der Waals surface area contributed by atoms with Crippen LogP contribution in [0.5, 0.6) is 0 Å². The molecule has 8 heteroatoms. The maximum absolute atomic E-state index is 13.5. The van der Waals surface area contributed by atoms with E-state index in [2.05, 4.69) is 47.7 Å². The Balaban J connectivity index is 1.76. The highest BCUT2D eigenvalue weighted by Crippen LogP contribution is 2.34. The molecule has 0 radical (unpaired) electrons. The number of nitrogens with one attached hydrogen (secondary N) is 3. The first-order chi connectivity index (χ1) is 17.6. The molecule has 0 bridgehead atoms. The minimum atomic E-state index is -0.567. The molecule has 190 valence electrons. The Morgan fingerprint density at radius 1 is 0.892 bits per heavy atom. The first-order valence-electron chi connectivity index (χ1n) is 12.0. The smallest absolute Gasteiger partial charge is 0.300 e. The third-order valence-corrected chi connectivity index (χ3v) is 6.37. The molecule has 1 aromatic heterocycles. The lowest BCUT2D eigenvalue weighted by atomic mass is 9.94. The summed E-state index contributed by atoms with van der Waals surface area (Å²) in [5.41, 5.74) is 7.20. The van der Waals surface area contributed by atoms with Crippen LogP contribution in [0.3, 0.4) is 0 Å². The van der Waals surface area contributed by atoms with Crippen molar-refractivity contribution in [3.05, 3.63) is 93.9 Å². The van der Waals surface area contributed by atoms with Gasteiger partial charge in [-0.05, 0) is 72.5 Å². The van der Waals surface area contributed by atoms with E-state index < -0.39 is 5.91 Å². The average molecular weight is 498 g/mol. The lowest BCUT2D eigenvalue weighted by Crippen LogP contribution is -2.36. The van der Waals surface area contributed by atoms with Gasteiger partial charge in [0.2, 0.25) is 5.69 Å². The van der Waals surface area contributed by atoms with Gasteiger partial charge in [-0.1, -0.05) is 24.3 Å². The number of carbonyl (C=O) groups excluding carboxylic acids is 2. The van der Waals surface area contributed by atoms with Gasteiger partial charge in [-0.2, -0.15) is 0 Å². The zero-order valence-electron chi connectivity index (χ0n) is 21.9. The van der Waals surface area contributed by atoms with Crippen molar-refractivity contribution in [1.82, 2.24) is 10.3 Å². The number of anilines is 2. The van der Waals surface area contributed by atoms with Crippen molar-refractivity contribution in [3.8, 4) is 22.5 Å². The first-order valence-corrected chi connectivity index (χ1v) is 12.0. The van der Waals surface area contributed by atoms with Crippen LogP contribution in [0.2, 0.25) is 0 Å². The molecule has 3 N–H and O–H groups in total. The van der Waals surface area contributed by atoms with Crippen LogP contribution in [0.15, 0.2) is 60.7 Å². The molecule has 3 aromatic carbocycles. The minimum Gasteiger partial charge on any atom is -0.710 e. The second kappa shape index (κ2) is 10.2. The van der Waals surface area contributed by atoms with Gasteiger partial charge in [-0.3, -0.25) is 9.59 Å². The number of aromatic amines is 1. The van der Waals surface area contributed by atoms with E-state index in [-0.39, 0.29) is 17.4 Å². The molecule has 0 aliphatic heterocycles. The normalized spacial score (nSPS) is 10.8. The molecule has 0 spiro atoms. The van der Waals surface area contributed by atoms with Crippen molar-refractivity contribution in [2.75, 3.05) is 31.4 Å². The zero-order valence-corrected chi connectivity index (χ0v) is 21.9. The summed E-state index contributed by atoms with van der Waals surface area (Å²) in [6.07, 6.45) is 0. The monoisotopic (exact) mass is 497 g/mol. The molecule has 4 rings (SSSR count). The van der Waals surface area contributed by atoms with E-state index in [0.29, 0.717) is 27.2 Å². The van der Waals surface area contributed by atoms with E-state index in [1.165, 1.54) is 7.05 Å². The Bertz CT molecular complexity index is 1480. The number of hydrogen-bond donors (Lipinski definition) is 3. The fourth-order valence-corrected chi connectivity index (χ4v) is 4.50. The van der Waals surface area contributed by atoms with Crippen LogP contribution in [-0.2, 0) is 0 Å². The number of H-pyrrole nitrogens is 1. The van der Waals surface area contributed by atoms with Crippen LogP contribution >= 0.6 is 0 Å². The molecule has 0 aliphatic rings. The number of imidazole rings is 1. The molecule has 37 heavy (non-hydrogen) atoms. The Hall–Kier alpha value is -4.59. The number of aromatic nitrogens is 2. The summed E-state index contributed by atoms with van der Waals surface area (Å²) in [6.45, 7) is 5.83. The summed E-state index contributed by atoms with van der Waals surface area (Å²) in [5.74, 6) is -0.559. The van der Waals surface area contributed by atoms with E-state index in [1.54, 1.807) is 31.2 Å². The molecule has 0 saturated carbocycles. The third-order valence-electron chi connectivity index (χ3n) is 6.37. The molecule has 8 nitrogen and oxygen atoms in total. The molecule has 0 fully saturated rings. The van der Waals surface area contributed by atoms with Gasteiger partial charge in [-0.25, -0.2) is 9.71 Å². The number of benzene rings is 3. The zero-order chi connectivity index (χ0) is 26.9. The van der Waals surface area contributed by atoms with Crippen LogP contribution < -0.4 is 20.3 Å². The SMILES string of the molecule is CNC(=O)c1cccc(NC(=O)c2c(C)[nH]c(-c3cc(-c4c(C)cccc4C)cc(N(C)C)c3)[n+]2[O-])c1. The number of aryl methyl sites for hydroxylation is 3. The topological polar surface area (TPSA) is 104 Å². The van der Waals surface area contributed by atoms with Gasteiger partial charge in [0.15, 0.2) is 5.69 Å². The lowest BCUT2D eigenvalue weighted by Gasteiger charge is -2.18. The van der Waals surface area contributed by atoms with Gasteiger partial charge in [-0.15, -0.1) is 0 Å². The summed E-state index contributed by atoms with van der Waals surface area (Å²) in [6, 6.07) is 18.7.